The van der Waals surface area contributed by atoms with E-state index in [1.165, 1.54) is 18.2 Å². The van der Waals surface area contributed by atoms with Gasteiger partial charge in [0.25, 0.3) is 5.69 Å². The Morgan fingerprint density at radius 3 is 2.56 bits per heavy atom. The molecule has 1 aliphatic heterocycles. The molecule has 1 unspecified atom stereocenters. The Hall–Kier alpha value is -2.65. The quantitative estimate of drug-likeness (QED) is 0.642. The number of carboxylic acids is 1. The second-order valence-electron chi connectivity index (χ2n) is 5.88. The minimum Gasteiger partial charge on any atom is -0.481 e. The van der Waals surface area contributed by atoms with Crippen molar-refractivity contribution in [1.29, 1.82) is 0 Å². The molecule has 1 saturated heterocycles. The zero-order valence-corrected chi connectivity index (χ0v) is 13.0. The first kappa shape index (κ1) is 18.7. The number of carboxylic acid groups (broad SMARTS) is 1. The highest BCUT2D eigenvalue weighted by molar-refractivity contribution is 5.81. The Labute approximate surface area is 140 Å². The standard InChI is InChI=1S/C15H15F3N2O5/c16-15(17,18)14(13(22)23)6-7-19(9-14)12(21)5-4-10-2-1-3-11(8-10)20(24)25/h1-3,8H,4-7,9H2,(H,22,23). The maximum absolute atomic E-state index is 13.1. The highest BCUT2D eigenvalue weighted by Gasteiger charge is 2.64. The van der Waals surface area contributed by atoms with Crippen LogP contribution in [0.4, 0.5) is 18.9 Å². The molecular formula is C15H15F3N2O5. The van der Waals surface area contributed by atoms with Crippen LogP contribution < -0.4 is 0 Å². The van der Waals surface area contributed by atoms with Crippen LogP contribution in [0.2, 0.25) is 0 Å². The second kappa shape index (κ2) is 6.69. The molecule has 1 aromatic carbocycles. The summed E-state index contributed by atoms with van der Waals surface area (Å²) >= 11 is 0. The van der Waals surface area contributed by atoms with E-state index >= 15 is 0 Å². The first-order valence-corrected chi connectivity index (χ1v) is 7.38. The zero-order valence-electron chi connectivity index (χ0n) is 13.0. The lowest BCUT2D eigenvalue weighted by Gasteiger charge is -2.27. The Morgan fingerprint density at radius 1 is 1.36 bits per heavy atom. The van der Waals surface area contributed by atoms with Gasteiger partial charge in [0.15, 0.2) is 5.41 Å². The van der Waals surface area contributed by atoms with Crippen LogP contribution in [0, 0.1) is 15.5 Å². The first-order valence-electron chi connectivity index (χ1n) is 7.38. The molecule has 7 nitrogen and oxygen atoms in total. The van der Waals surface area contributed by atoms with Crippen molar-refractivity contribution in [2.75, 3.05) is 13.1 Å². The molecule has 1 fully saturated rings. The van der Waals surface area contributed by atoms with Gasteiger partial charge in [-0.25, -0.2) is 0 Å². The van der Waals surface area contributed by atoms with E-state index in [1.807, 2.05) is 0 Å². The molecule has 1 N–H and O–H groups in total. The molecule has 0 aromatic heterocycles. The number of hydrogen-bond acceptors (Lipinski definition) is 4. The Bertz CT molecular complexity index is 707. The summed E-state index contributed by atoms with van der Waals surface area (Å²) in [4.78, 5) is 34.2. The number of hydrogen-bond donors (Lipinski definition) is 1. The lowest BCUT2D eigenvalue weighted by molar-refractivity contribution is -0.384. The van der Waals surface area contributed by atoms with Gasteiger partial charge in [0.05, 0.1) is 4.92 Å². The summed E-state index contributed by atoms with van der Waals surface area (Å²) in [5.74, 6) is -2.60. The average Bonchev–Trinajstić information content (AvgIpc) is 2.99. The SMILES string of the molecule is O=C(CCc1cccc([N+](=O)[O-])c1)N1CCC(C(=O)O)(C(F)(F)F)C1. The van der Waals surface area contributed by atoms with Crippen LogP contribution >= 0.6 is 0 Å². The molecule has 25 heavy (non-hydrogen) atoms. The first-order chi connectivity index (χ1) is 11.6. The van der Waals surface area contributed by atoms with E-state index < -0.39 is 41.4 Å². The summed E-state index contributed by atoms with van der Waals surface area (Å²) < 4.78 is 39.3. The number of carbonyl (C=O) groups excluding carboxylic acids is 1. The van der Waals surface area contributed by atoms with Gasteiger partial charge >= 0.3 is 12.1 Å². The second-order valence-corrected chi connectivity index (χ2v) is 5.88. The summed E-state index contributed by atoms with van der Waals surface area (Å²) in [5, 5.41) is 19.7. The maximum atomic E-state index is 13.1. The van der Waals surface area contributed by atoms with E-state index in [2.05, 4.69) is 0 Å². The van der Waals surface area contributed by atoms with E-state index in [1.54, 1.807) is 6.07 Å². The van der Waals surface area contributed by atoms with Crippen molar-refractivity contribution in [2.45, 2.75) is 25.4 Å². The summed E-state index contributed by atoms with van der Waals surface area (Å²) in [6.45, 7) is -1.21. The van der Waals surface area contributed by atoms with Crippen molar-refractivity contribution < 1.29 is 32.8 Å². The van der Waals surface area contributed by atoms with E-state index in [4.69, 9.17) is 5.11 Å². The number of amides is 1. The summed E-state index contributed by atoms with van der Waals surface area (Å²) in [7, 11) is 0. The molecule has 10 heteroatoms. The predicted octanol–water partition coefficient (Wildman–Crippen LogP) is 2.39. The largest absolute Gasteiger partial charge is 0.481 e. The third-order valence-corrected chi connectivity index (χ3v) is 4.32. The van der Waals surface area contributed by atoms with Gasteiger partial charge in [-0.15, -0.1) is 0 Å². The molecule has 0 aliphatic carbocycles. The van der Waals surface area contributed by atoms with Crippen molar-refractivity contribution in [3.63, 3.8) is 0 Å². The molecule has 1 aromatic rings. The van der Waals surface area contributed by atoms with Crippen LogP contribution in [0.3, 0.4) is 0 Å². The highest BCUT2D eigenvalue weighted by atomic mass is 19.4. The number of nitrogens with zero attached hydrogens (tertiary/aromatic N) is 2. The molecule has 1 heterocycles. The highest BCUT2D eigenvalue weighted by Crippen LogP contribution is 2.45. The average molecular weight is 360 g/mol. The number of nitro groups is 1. The number of benzene rings is 1. The number of carbonyl (C=O) groups is 2. The van der Waals surface area contributed by atoms with Crippen LogP contribution in [0.15, 0.2) is 24.3 Å². The molecule has 0 spiro atoms. The minimum absolute atomic E-state index is 0.114. The van der Waals surface area contributed by atoms with Crippen molar-refractivity contribution >= 4 is 17.6 Å². The van der Waals surface area contributed by atoms with Gasteiger partial charge in [0.1, 0.15) is 0 Å². The molecule has 136 valence electrons. The van der Waals surface area contributed by atoms with Crippen LogP contribution in [0.1, 0.15) is 18.4 Å². The van der Waals surface area contributed by atoms with Crippen molar-refractivity contribution in [3.8, 4) is 0 Å². The summed E-state index contributed by atoms with van der Waals surface area (Å²) in [6.07, 6.45) is -5.68. The molecule has 1 aliphatic rings. The fourth-order valence-corrected chi connectivity index (χ4v) is 2.78. The normalized spacial score (nSPS) is 20.5. The lowest BCUT2D eigenvalue weighted by Crippen LogP contribution is -2.47. The van der Waals surface area contributed by atoms with Gasteiger partial charge in [0, 0.05) is 31.6 Å². The van der Waals surface area contributed by atoms with Crippen LogP contribution in [-0.4, -0.2) is 46.1 Å². The molecule has 0 radical (unpaired) electrons. The fraction of sp³-hybridized carbons (Fsp3) is 0.467. The monoisotopic (exact) mass is 360 g/mol. The van der Waals surface area contributed by atoms with E-state index in [0.717, 1.165) is 4.90 Å². The van der Waals surface area contributed by atoms with Crippen molar-refractivity contribution in [2.24, 2.45) is 5.41 Å². The van der Waals surface area contributed by atoms with Gasteiger partial charge in [-0.1, -0.05) is 12.1 Å². The van der Waals surface area contributed by atoms with Gasteiger partial charge < -0.3 is 10.0 Å². The number of aliphatic carboxylic acids is 1. The predicted molar refractivity (Wildman–Crippen MR) is 78.7 cm³/mol. The van der Waals surface area contributed by atoms with Gasteiger partial charge in [-0.3, -0.25) is 19.7 Å². The number of halogens is 3. The smallest absolute Gasteiger partial charge is 0.406 e. The van der Waals surface area contributed by atoms with E-state index in [0.29, 0.717) is 5.56 Å². The maximum Gasteiger partial charge on any atom is 0.406 e. The summed E-state index contributed by atoms with van der Waals surface area (Å²) in [5.41, 5.74) is -2.58. The Balaban J connectivity index is 2.02. The van der Waals surface area contributed by atoms with Gasteiger partial charge in [-0.2, -0.15) is 13.2 Å². The molecular weight excluding hydrogens is 345 g/mol. The van der Waals surface area contributed by atoms with Crippen LogP contribution in [0.25, 0.3) is 0 Å². The van der Waals surface area contributed by atoms with Gasteiger partial charge in [0.2, 0.25) is 5.91 Å². The molecule has 0 bridgehead atoms. The summed E-state index contributed by atoms with van der Waals surface area (Å²) in [6, 6.07) is 5.60. The number of rotatable bonds is 5. The number of nitro benzene ring substituents is 1. The molecule has 1 amide bonds. The number of alkyl halides is 3. The number of aryl methyl sites for hydroxylation is 1. The fourth-order valence-electron chi connectivity index (χ4n) is 2.78. The number of likely N-dealkylation sites (tertiary alicyclic amines) is 1. The van der Waals surface area contributed by atoms with Crippen LogP contribution in [-0.2, 0) is 16.0 Å². The zero-order chi connectivity index (χ0) is 18.8. The molecule has 2 rings (SSSR count). The lowest BCUT2D eigenvalue weighted by atomic mass is 9.86. The minimum atomic E-state index is -4.95. The van der Waals surface area contributed by atoms with E-state index in [9.17, 15) is 32.9 Å². The topological polar surface area (TPSA) is 101 Å². The third kappa shape index (κ3) is 3.72. The Morgan fingerprint density at radius 2 is 2.04 bits per heavy atom. The third-order valence-electron chi connectivity index (χ3n) is 4.32. The Kier molecular flexibility index (Phi) is 5.00. The van der Waals surface area contributed by atoms with Crippen molar-refractivity contribution in [1.82, 2.24) is 4.90 Å². The molecule has 0 saturated carbocycles. The van der Waals surface area contributed by atoms with Crippen LogP contribution in [0.5, 0.6) is 0 Å². The molecule has 1 atom stereocenters. The van der Waals surface area contributed by atoms with E-state index in [-0.39, 0.29) is 25.1 Å². The number of non-ortho nitro benzene ring substituents is 1. The van der Waals surface area contributed by atoms with Crippen molar-refractivity contribution in [3.05, 3.63) is 39.9 Å². The van der Waals surface area contributed by atoms with Gasteiger partial charge in [-0.05, 0) is 18.4 Å².